The standard InChI is InChI=1S/C20H25N7O3/c1-13-3-5-14(6-4-13)11-27-16-17(24(2)20(30)23-18(16)29)22-19(27)26-9-7-25(8-10-26)12-15(21)28/h3-6H,7-12H2,1-2H3,(H2,21,28)(H,23,29,30). The van der Waals surface area contributed by atoms with Crippen LogP contribution in [0, 0.1) is 6.92 Å². The summed E-state index contributed by atoms with van der Waals surface area (Å²) in [6.07, 6.45) is 0. The number of benzene rings is 1. The average Bonchev–Trinajstić information content (AvgIpc) is 3.08. The Balaban J connectivity index is 1.76. The fraction of sp³-hybridized carbons (Fsp3) is 0.400. The molecule has 0 saturated carbocycles. The Morgan fingerprint density at radius 1 is 1.13 bits per heavy atom. The van der Waals surface area contributed by atoms with Crippen LogP contribution in [0.15, 0.2) is 33.9 Å². The van der Waals surface area contributed by atoms with Gasteiger partial charge < -0.3 is 10.6 Å². The number of imidazole rings is 1. The number of carbonyl (C=O) groups is 1. The molecule has 1 saturated heterocycles. The Hall–Kier alpha value is -3.40. The van der Waals surface area contributed by atoms with E-state index in [1.54, 1.807) is 7.05 Å². The molecule has 10 heteroatoms. The highest BCUT2D eigenvalue weighted by atomic mass is 16.2. The van der Waals surface area contributed by atoms with Crippen molar-refractivity contribution in [1.29, 1.82) is 0 Å². The molecule has 3 aromatic rings. The van der Waals surface area contributed by atoms with E-state index in [0.717, 1.165) is 11.1 Å². The van der Waals surface area contributed by atoms with Gasteiger partial charge >= 0.3 is 5.69 Å². The average molecular weight is 411 g/mol. The molecular weight excluding hydrogens is 386 g/mol. The number of carbonyl (C=O) groups excluding carboxylic acids is 1. The number of nitrogens with one attached hydrogen (secondary N) is 1. The number of aryl methyl sites for hydroxylation is 2. The number of hydrogen-bond acceptors (Lipinski definition) is 6. The monoisotopic (exact) mass is 411 g/mol. The van der Waals surface area contributed by atoms with Crippen LogP contribution in [0.2, 0.25) is 0 Å². The maximum atomic E-state index is 12.7. The predicted octanol–water partition coefficient (Wildman–Crippen LogP) is -0.613. The summed E-state index contributed by atoms with van der Waals surface area (Å²) in [7, 11) is 1.60. The number of nitrogens with zero attached hydrogens (tertiary/aromatic N) is 5. The Bertz CT molecular complexity index is 1200. The highest BCUT2D eigenvalue weighted by Crippen LogP contribution is 2.22. The lowest BCUT2D eigenvalue weighted by Crippen LogP contribution is -2.49. The van der Waals surface area contributed by atoms with E-state index in [9.17, 15) is 14.4 Å². The molecule has 1 amide bonds. The topological polar surface area (TPSA) is 122 Å². The molecule has 0 atom stereocenters. The molecule has 0 bridgehead atoms. The van der Waals surface area contributed by atoms with Gasteiger partial charge in [-0.15, -0.1) is 0 Å². The molecule has 2 aromatic heterocycles. The van der Waals surface area contributed by atoms with Crippen molar-refractivity contribution >= 4 is 23.0 Å². The van der Waals surface area contributed by atoms with Crippen molar-refractivity contribution in [2.45, 2.75) is 13.5 Å². The maximum Gasteiger partial charge on any atom is 0.329 e. The molecular formula is C20H25N7O3. The molecule has 1 aromatic carbocycles. The Morgan fingerprint density at radius 2 is 1.80 bits per heavy atom. The fourth-order valence-corrected chi connectivity index (χ4v) is 3.82. The van der Waals surface area contributed by atoms with Crippen LogP contribution in [-0.4, -0.2) is 62.6 Å². The van der Waals surface area contributed by atoms with Crippen molar-refractivity contribution in [2.75, 3.05) is 37.6 Å². The molecule has 3 heterocycles. The van der Waals surface area contributed by atoms with E-state index >= 15 is 0 Å². The summed E-state index contributed by atoms with van der Waals surface area (Å²) in [5.41, 5.74) is 7.26. The number of piperazine rings is 1. The second-order valence-electron chi connectivity index (χ2n) is 7.70. The first-order chi connectivity index (χ1) is 14.3. The lowest BCUT2D eigenvalue weighted by Gasteiger charge is -2.34. The van der Waals surface area contributed by atoms with E-state index in [0.29, 0.717) is 49.8 Å². The summed E-state index contributed by atoms with van der Waals surface area (Å²) < 4.78 is 3.22. The second-order valence-corrected chi connectivity index (χ2v) is 7.70. The van der Waals surface area contributed by atoms with Crippen LogP contribution in [-0.2, 0) is 18.4 Å². The zero-order chi connectivity index (χ0) is 21.4. The maximum absolute atomic E-state index is 12.7. The van der Waals surface area contributed by atoms with Gasteiger partial charge in [0.1, 0.15) is 0 Å². The van der Waals surface area contributed by atoms with Crippen LogP contribution in [0.5, 0.6) is 0 Å². The van der Waals surface area contributed by atoms with Gasteiger partial charge in [0.15, 0.2) is 11.2 Å². The summed E-state index contributed by atoms with van der Waals surface area (Å²) in [5.74, 6) is 0.285. The lowest BCUT2D eigenvalue weighted by atomic mass is 10.1. The third kappa shape index (κ3) is 3.73. The van der Waals surface area contributed by atoms with Crippen LogP contribution < -0.4 is 21.9 Å². The van der Waals surface area contributed by atoms with Gasteiger partial charge in [0.2, 0.25) is 11.9 Å². The molecule has 0 radical (unpaired) electrons. The van der Waals surface area contributed by atoms with Crippen molar-refractivity contribution in [3.05, 3.63) is 56.2 Å². The van der Waals surface area contributed by atoms with Gasteiger partial charge in [0, 0.05) is 33.2 Å². The zero-order valence-electron chi connectivity index (χ0n) is 17.1. The first-order valence-electron chi connectivity index (χ1n) is 9.84. The highest BCUT2D eigenvalue weighted by molar-refractivity contribution is 5.76. The molecule has 30 heavy (non-hydrogen) atoms. The number of nitrogens with two attached hydrogens (primary N) is 1. The minimum Gasteiger partial charge on any atom is -0.369 e. The third-order valence-corrected chi connectivity index (χ3v) is 5.48. The fourth-order valence-electron chi connectivity index (χ4n) is 3.82. The molecule has 1 aliphatic rings. The number of amides is 1. The third-order valence-electron chi connectivity index (χ3n) is 5.48. The molecule has 1 aliphatic heterocycles. The largest absolute Gasteiger partial charge is 0.369 e. The number of rotatable bonds is 5. The molecule has 1 fully saturated rings. The summed E-state index contributed by atoms with van der Waals surface area (Å²) in [5, 5.41) is 0. The Morgan fingerprint density at radius 3 is 2.43 bits per heavy atom. The van der Waals surface area contributed by atoms with E-state index in [-0.39, 0.29) is 12.5 Å². The van der Waals surface area contributed by atoms with Gasteiger partial charge in [0.25, 0.3) is 5.56 Å². The molecule has 10 nitrogen and oxygen atoms in total. The van der Waals surface area contributed by atoms with Gasteiger partial charge in [-0.25, -0.2) is 4.79 Å². The van der Waals surface area contributed by atoms with Crippen molar-refractivity contribution in [3.63, 3.8) is 0 Å². The Kier molecular flexibility index (Phi) is 5.17. The summed E-state index contributed by atoms with van der Waals surface area (Å²) >= 11 is 0. The van der Waals surface area contributed by atoms with Crippen molar-refractivity contribution in [3.8, 4) is 0 Å². The van der Waals surface area contributed by atoms with Crippen molar-refractivity contribution in [1.82, 2.24) is 24.0 Å². The first kappa shape index (κ1) is 19.9. The first-order valence-corrected chi connectivity index (χ1v) is 9.84. The van der Waals surface area contributed by atoms with Crippen LogP contribution in [0.4, 0.5) is 5.95 Å². The number of aromatic nitrogens is 4. The summed E-state index contributed by atoms with van der Waals surface area (Å²) in [4.78, 5) is 47.1. The van der Waals surface area contributed by atoms with Gasteiger partial charge in [-0.3, -0.25) is 28.6 Å². The van der Waals surface area contributed by atoms with E-state index in [1.807, 2.05) is 40.7 Å². The molecule has 4 rings (SSSR count). The second kappa shape index (κ2) is 7.79. The van der Waals surface area contributed by atoms with Gasteiger partial charge in [-0.2, -0.15) is 4.98 Å². The lowest BCUT2D eigenvalue weighted by molar-refractivity contribution is -0.119. The van der Waals surface area contributed by atoms with Crippen molar-refractivity contribution < 1.29 is 4.79 Å². The SMILES string of the molecule is Cc1ccc(Cn2c(N3CCN(CC(N)=O)CC3)nc3c2c(=O)[nH]c(=O)n3C)cc1. The number of fused-ring (bicyclic) bond motifs is 1. The Labute approximate surface area is 172 Å². The normalized spacial score (nSPS) is 15.1. The van der Waals surface area contributed by atoms with Gasteiger partial charge in [-0.1, -0.05) is 29.8 Å². The number of aromatic amines is 1. The quantitative estimate of drug-likeness (QED) is 0.577. The van der Waals surface area contributed by atoms with Gasteiger partial charge in [-0.05, 0) is 12.5 Å². The van der Waals surface area contributed by atoms with E-state index in [4.69, 9.17) is 5.73 Å². The molecule has 0 aliphatic carbocycles. The van der Waals surface area contributed by atoms with E-state index in [1.165, 1.54) is 4.57 Å². The van der Waals surface area contributed by atoms with E-state index in [2.05, 4.69) is 14.9 Å². The smallest absolute Gasteiger partial charge is 0.329 e. The van der Waals surface area contributed by atoms with Crippen LogP contribution in [0.25, 0.3) is 11.2 Å². The number of H-pyrrole nitrogens is 1. The minimum atomic E-state index is -0.495. The van der Waals surface area contributed by atoms with Gasteiger partial charge in [0.05, 0.1) is 13.1 Å². The predicted molar refractivity (Wildman–Crippen MR) is 114 cm³/mol. The number of hydrogen-bond donors (Lipinski definition) is 2. The summed E-state index contributed by atoms with van der Waals surface area (Å²) in [6.45, 7) is 5.29. The zero-order valence-corrected chi connectivity index (χ0v) is 17.1. The number of anilines is 1. The molecule has 0 unspecified atom stereocenters. The number of primary amides is 1. The van der Waals surface area contributed by atoms with Crippen LogP contribution in [0.1, 0.15) is 11.1 Å². The molecule has 158 valence electrons. The molecule has 3 N–H and O–H groups in total. The van der Waals surface area contributed by atoms with Crippen LogP contribution >= 0.6 is 0 Å². The minimum absolute atomic E-state index is 0.224. The van der Waals surface area contributed by atoms with E-state index < -0.39 is 11.2 Å². The molecule has 0 spiro atoms. The van der Waals surface area contributed by atoms with Crippen LogP contribution in [0.3, 0.4) is 0 Å². The highest BCUT2D eigenvalue weighted by Gasteiger charge is 2.25. The van der Waals surface area contributed by atoms with Crippen molar-refractivity contribution in [2.24, 2.45) is 12.8 Å². The summed E-state index contributed by atoms with van der Waals surface area (Å²) in [6, 6.07) is 8.09.